The van der Waals surface area contributed by atoms with Crippen LogP contribution in [0.4, 0.5) is 0 Å². The quantitative estimate of drug-likeness (QED) is 0.582. The van der Waals surface area contributed by atoms with Crippen LogP contribution in [0.2, 0.25) is 0 Å². The van der Waals surface area contributed by atoms with Crippen LogP contribution in [-0.4, -0.2) is 38.4 Å². The zero-order valence-electron chi connectivity index (χ0n) is 7.18. The van der Waals surface area contributed by atoms with Crippen molar-refractivity contribution in [3.05, 3.63) is 0 Å². The predicted molar refractivity (Wildman–Crippen MR) is 42.8 cm³/mol. The number of nitrogens with one attached hydrogen (secondary N) is 1. The lowest BCUT2D eigenvalue weighted by Crippen LogP contribution is -2.42. The molecule has 10 heavy (non-hydrogen) atoms. The Labute approximate surface area is 63.3 Å². The van der Waals surface area contributed by atoms with Gasteiger partial charge in [-0.2, -0.15) is 5.06 Å². The Morgan fingerprint density at radius 2 is 1.70 bits per heavy atom. The third-order valence-corrected chi connectivity index (χ3v) is 1.33. The highest BCUT2D eigenvalue weighted by molar-refractivity contribution is 4.59. The SMILES string of the molecule is CC.CON1CCNCC1. The molecule has 1 N–H and O–H groups in total. The lowest BCUT2D eigenvalue weighted by molar-refractivity contribution is -0.136. The number of piperazine rings is 1. The fraction of sp³-hybridized carbons (Fsp3) is 1.00. The van der Waals surface area contributed by atoms with Crippen molar-refractivity contribution in [2.24, 2.45) is 0 Å². The molecule has 0 aromatic carbocycles. The van der Waals surface area contributed by atoms with E-state index in [2.05, 4.69) is 5.32 Å². The zero-order valence-corrected chi connectivity index (χ0v) is 7.18. The molecule has 0 spiro atoms. The van der Waals surface area contributed by atoms with Crippen molar-refractivity contribution in [1.29, 1.82) is 0 Å². The van der Waals surface area contributed by atoms with Crippen molar-refractivity contribution in [2.75, 3.05) is 33.3 Å². The molecule has 1 saturated heterocycles. The van der Waals surface area contributed by atoms with Crippen LogP contribution in [0.3, 0.4) is 0 Å². The minimum absolute atomic E-state index is 1.01. The number of hydrogen-bond donors (Lipinski definition) is 1. The molecule has 0 amide bonds. The Hall–Kier alpha value is -0.120. The summed E-state index contributed by atoms with van der Waals surface area (Å²) >= 11 is 0. The summed E-state index contributed by atoms with van der Waals surface area (Å²) in [6.45, 7) is 8.12. The van der Waals surface area contributed by atoms with E-state index in [1.54, 1.807) is 7.11 Å². The van der Waals surface area contributed by atoms with Crippen molar-refractivity contribution >= 4 is 0 Å². The molecule has 62 valence electrons. The molecule has 1 rings (SSSR count). The van der Waals surface area contributed by atoms with E-state index in [1.165, 1.54) is 0 Å². The molecular formula is C7H18N2O. The van der Waals surface area contributed by atoms with E-state index < -0.39 is 0 Å². The van der Waals surface area contributed by atoms with Gasteiger partial charge in [-0.25, -0.2) is 0 Å². The Morgan fingerprint density at radius 3 is 2.00 bits per heavy atom. The summed E-state index contributed by atoms with van der Waals surface area (Å²) in [7, 11) is 1.71. The number of hydrogen-bond acceptors (Lipinski definition) is 3. The maximum Gasteiger partial charge on any atom is 0.0575 e. The van der Waals surface area contributed by atoms with Crippen LogP contribution < -0.4 is 5.32 Å². The first-order valence-electron chi connectivity index (χ1n) is 3.93. The normalized spacial score (nSPS) is 19.5. The van der Waals surface area contributed by atoms with Crippen molar-refractivity contribution in [3.63, 3.8) is 0 Å². The molecule has 1 aliphatic heterocycles. The van der Waals surface area contributed by atoms with Crippen LogP contribution in [0, 0.1) is 0 Å². The molecule has 1 aliphatic rings. The second kappa shape index (κ2) is 6.99. The van der Waals surface area contributed by atoms with E-state index >= 15 is 0 Å². The molecule has 0 atom stereocenters. The van der Waals surface area contributed by atoms with Gasteiger partial charge in [0, 0.05) is 26.2 Å². The predicted octanol–water partition coefficient (Wildman–Crippen LogP) is 0.479. The van der Waals surface area contributed by atoms with Crippen LogP contribution in [0.15, 0.2) is 0 Å². The first kappa shape index (κ1) is 9.88. The first-order chi connectivity index (χ1) is 4.93. The molecule has 1 fully saturated rings. The molecule has 0 radical (unpaired) electrons. The fourth-order valence-corrected chi connectivity index (χ4v) is 0.827. The van der Waals surface area contributed by atoms with Gasteiger partial charge in [0.05, 0.1) is 7.11 Å². The highest BCUT2D eigenvalue weighted by Crippen LogP contribution is 1.88. The standard InChI is InChI=1S/C5H12N2O.C2H6/c1-8-7-4-2-6-3-5-7;1-2/h6H,2-5H2,1H3;1-2H3. The average molecular weight is 146 g/mol. The summed E-state index contributed by atoms with van der Waals surface area (Å²) in [6, 6.07) is 0. The van der Waals surface area contributed by atoms with Crippen molar-refractivity contribution in [3.8, 4) is 0 Å². The van der Waals surface area contributed by atoms with Gasteiger partial charge in [0.1, 0.15) is 0 Å². The fourth-order valence-electron chi connectivity index (χ4n) is 0.827. The number of nitrogens with zero attached hydrogens (tertiary/aromatic N) is 1. The molecule has 0 saturated carbocycles. The molecule has 3 heteroatoms. The smallest absolute Gasteiger partial charge is 0.0575 e. The summed E-state index contributed by atoms with van der Waals surface area (Å²) in [5.74, 6) is 0. The minimum Gasteiger partial charge on any atom is -0.314 e. The Kier molecular flexibility index (Phi) is 6.91. The van der Waals surface area contributed by atoms with E-state index in [4.69, 9.17) is 4.84 Å². The van der Waals surface area contributed by atoms with Gasteiger partial charge >= 0.3 is 0 Å². The molecule has 0 aromatic heterocycles. The Bertz CT molecular complexity index is 62.6. The van der Waals surface area contributed by atoms with E-state index in [9.17, 15) is 0 Å². The average Bonchev–Trinajstić information content (AvgIpc) is 2.10. The van der Waals surface area contributed by atoms with Gasteiger partial charge in [0.25, 0.3) is 0 Å². The van der Waals surface area contributed by atoms with Gasteiger partial charge in [-0.1, -0.05) is 13.8 Å². The maximum atomic E-state index is 4.98. The topological polar surface area (TPSA) is 24.5 Å². The highest BCUT2D eigenvalue weighted by Gasteiger charge is 2.06. The van der Waals surface area contributed by atoms with Crippen LogP contribution in [0.25, 0.3) is 0 Å². The molecule has 1 heterocycles. The maximum absolute atomic E-state index is 4.98. The van der Waals surface area contributed by atoms with Gasteiger partial charge in [-0.05, 0) is 0 Å². The third-order valence-electron chi connectivity index (χ3n) is 1.33. The zero-order chi connectivity index (χ0) is 7.82. The molecular weight excluding hydrogens is 128 g/mol. The molecule has 0 unspecified atom stereocenters. The summed E-state index contributed by atoms with van der Waals surface area (Å²) in [5.41, 5.74) is 0. The highest BCUT2D eigenvalue weighted by atomic mass is 16.7. The summed E-state index contributed by atoms with van der Waals surface area (Å²) < 4.78 is 0. The summed E-state index contributed by atoms with van der Waals surface area (Å²) in [4.78, 5) is 4.98. The van der Waals surface area contributed by atoms with E-state index in [1.807, 2.05) is 18.9 Å². The van der Waals surface area contributed by atoms with Crippen LogP contribution in [0.5, 0.6) is 0 Å². The summed E-state index contributed by atoms with van der Waals surface area (Å²) in [6.07, 6.45) is 0. The molecule has 0 aromatic rings. The van der Waals surface area contributed by atoms with E-state index in [0.29, 0.717) is 0 Å². The molecule has 0 aliphatic carbocycles. The van der Waals surface area contributed by atoms with Gasteiger partial charge in [0.15, 0.2) is 0 Å². The van der Waals surface area contributed by atoms with Crippen LogP contribution >= 0.6 is 0 Å². The first-order valence-corrected chi connectivity index (χ1v) is 3.93. The lowest BCUT2D eigenvalue weighted by atomic mass is 10.4. The van der Waals surface area contributed by atoms with Crippen LogP contribution in [0.1, 0.15) is 13.8 Å². The summed E-state index contributed by atoms with van der Waals surface area (Å²) in [5, 5.41) is 5.18. The van der Waals surface area contributed by atoms with E-state index in [0.717, 1.165) is 26.2 Å². The monoisotopic (exact) mass is 146 g/mol. The molecule has 0 bridgehead atoms. The number of hydroxylamine groups is 2. The lowest BCUT2D eigenvalue weighted by Gasteiger charge is -2.24. The minimum atomic E-state index is 1.01. The van der Waals surface area contributed by atoms with Gasteiger partial charge < -0.3 is 10.2 Å². The van der Waals surface area contributed by atoms with Crippen molar-refractivity contribution < 1.29 is 4.84 Å². The third kappa shape index (κ3) is 3.82. The van der Waals surface area contributed by atoms with Gasteiger partial charge in [0.2, 0.25) is 0 Å². The largest absolute Gasteiger partial charge is 0.314 e. The van der Waals surface area contributed by atoms with Gasteiger partial charge in [-0.15, -0.1) is 0 Å². The van der Waals surface area contributed by atoms with Crippen molar-refractivity contribution in [2.45, 2.75) is 13.8 Å². The second-order valence-corrected chi connectivity index (χ2v) is 1.86. The number of rotatable bonds is 1. The van der Waals surface area contributed by atoms with Crippen LogP contribution in [-0.2, 0) is 4.84 Å². The second-order valence-electron chi connectivity index (χ2n) is 1.86. The molecule has 3 nitrogen and oxygen atoms in total. The van der Waals surface area contributed by atoms with E-state index in [-0.39, 0.29) is 0 Å². The Balaban J connectivity index is 0.000000371. The van der Waals surface area contributed by atoms with Crippen molar-refractivity contribution in [1.82, 2.24) is 10.4 Å². The van der Waals surface area contributed by atoms with Gasteiger partial charge in [-0.3, -0.25) is 0 Å². The Morgan fingerprint density at radius 1 is 1.20 bits per heavy atom.